The lowest BCUT2D eigenvalue weighted by Crippen LogP contribution is -2.57. The topological polar surface area (TPSA) is 43.8 Å². The minimum absolute atomic E-state index is 0.231. The number of carbonyl (C=O) groups excluding carboxylic acids is 1. The Morgan fingerprint density at radius 3 is 2.14 bits per heavy atom. The van der Waals surface area contributed by atoms with E-state index in [2.05, 4.69) is 11.0 Å². The fraction of sp³-hybridized carbons (Fsp3) is 0.536. The van der Waals surface area contributed by atoms with Crippen LogP contribution in [0.1, 0.15) is 48.8 Å². The van der Waals surface area contributed by atoms with Crippen LogP contribution in [-0.4, -0.2) is 48.3 Å². The Hall–Kier alpha value is -2.25. The summed E-state index contributed by atoms with van der Waals surface area (Å²) in [5.41, 5.74) is -1.20. The van der Waals surface area contributed by atoms with E-state index >= 15 is 0 Å². The SMILES string of the molecule is Cc1cccc(C(O)(C(=O)N2CCC(CC3CCN(c4ccc(C)c(Cl)c4)CC3)CC2)C(F)(F)F)c1. The molecule has 36 heavy (non-hydrogen) atoms. The smallest absolute Gasteiger partial charge is 0.371 e. The highest BCUT2D eigenvalue weighted by Crippen LogP contribution is 2.42. The molecule has 0 spiro atoms. The third kappa shape index (κ3) is 5.52. The first-order valence-electron chi connectivity index (χ1n) is 12.7. The van der Waals surface area contributed by atoms with Crippen LogP contribution in [0.15, 0.2) is 42.5 Å². The standard InChI is InChI=1S/C28H34ClF3N2O2/c1-19-4-3-5-23(16-19)27(36,28(30,31)32)26(35)34-14-10-22(11-15-34)17-21-8-12-33(13-9-21)24-7-6-20(2)25(29)18-24/h3-7,16,18,21-22,36H,8-15,17H2,1-2H3. The zero-order chi connectivity index (χ0) is 26.1. The van der Waals surface area contributed by atoms with Gasteiger partial charge in [0.15, 0.2) is 0 Å². The summed E-state index contributed by atoms with van der Waals surface area (Å²) in [4.78, 5) is 16.6. The molecule has 0 saturated carbocycles. The van der Waals surface area contributed by atoms with Gasteiger partial charge in [0.2, 0.25) is 0 Å². The second-order valence-corrected chi connectivity index (χ2v) is 10.8. The maximum absolute atomic E-state index is 14.0. The molecule has 1 N–H and O–H groups in total. The fourth-order valence-corrected chi connectivity index (χ4v) is 5.73. The summed E-state index contributed by atoms with van der Waals surface area (Å²) in [5, 5.41) is 11.5. The molecule has 4 rings (SSSR count). The van der Waals surface area contributed by atoms with Crippen molar-refractivity contribution < 1.29 is 23.1 Å². The summed E-state index contributed by atoms with van der Waals surface area (Å²) in [6, 6.07) is 11.6. The summed E-state index contributed by atoms with van der Waals surface area (Å²) >= 11 is 6.29. The Balaban J connectivity index is 1.32. The molecule has 0 aromatic heterocycles. The van der Waals surface area contributed by atoms with Gasteiger partial charge in [-0.1, -0.05) is 47.5 Å². The molecule has 2 saturated heterocycles. The van der Waals surface area contributed by atoms with Crippen molar-refractivity contribution in [3.63, 3.8) is 0 Å². The van der Waals surface area contributed by atoms with Gasteiger partial charge in [0.05, 0.1) is 0 Å². The number of aryl methyl sites for hydroxylation is 2. The first-order chi connectivity index (χ1) is 17.0. The molecule has 4 nitrogen and oxygen atoms in total. The summed E-state index contributed by atoms with van der Waals surface area (Å²) in [7, 11) is 0. The highest BCUT2D eigenvalue weighted by Gasteiger charge is 2.62. The van der Waals surface area contributed by atoms with Crippen molar-refractivity contribution in [2.75, 3.05) is 31.1 Å². The van der Waals surface area contributed by atoms with Gasteiger partial charge in [0, 0.05) is 42.5 Å². The average molecular weight is 523 g/mol. The number of rotatable bonds is 5. The van der Waals surface area contributed by atoms with E-state index in [0.717, 1.165) is 48.6 Å². The van der Waals surface area contributed by atoms with Crippen LogP contribution in [0.5, 0.6) is 0 Å². The minimum Gasteiger partial charge on any atom is -0.371 e. The maximum atomic E-state index is 14.0. The molecule has 2 aliphatic rings. The van der Waals surface area contributed by atoms with Crippen molar-refractivity contribution in [3.8, 4) is 0 Å². The number of halogens is 4. The quantitative estimate of drug-likeness (QED) is 0.504. The first kappa shape index (κ1) is 26.8. The number of likely N-dealkylation sites (tertiary alicyclic amines) is 1. The summed E-state index contributed by atoms with van der Waals surface area (Å²) < 4.78 is 42.0. The molecule has 8 heteroatoms. The van der Waals surface area contributed by atoms with E-state index in [1.165, 1.54) is 23.1 Å². The van der Waals surface area contributed by atoms with Crippen molar-refractivity contribution in [1.29, 1.82) is 0 Å². The minimum atomic E-state index is -5.11. The Morgan fingerprint density at radius 2 is 1.58 bits per heavy atom. The molecule has 1 atom stereocenters. The van der Waals surface area contributed by atoms with Crippen LogP contribution in [0.2, 0.25) is 5.02 Å². The molecule has 0 radical (unpaired) electrons. The van der Waals surface area contributed by atoms with Crippen molar-refractivity contribution in [2.24, 2.45) is 11.8 Å². The van der Waals surface area contributed by atoms with Gasteiger partial charge in [0.1, 0.15) is 0 Å². The number of alkyl halides is 3. The van der Waals surface area contributed by atoms with Gasteiger partial charge in [-0.2, -0.15) is 13.2 Å². The van der Waals surface area contributed by atoms with Crippen LogP contribution in [0.25, 0.3) is 0 Å². The lowest BCUT2D eigenvalue weighted by Gasteiger charge is -2.40. The van der Waals surface area contributed by atoms with E-state index in [0.29, 0.717) is 30.2 Å². The molecule has 2 aromatic carbocycles. The third-order valence-electron chi connectivity index (χ3n) is 7.86. The van der Waals surface area contributed by atoms with Gasteiger partial charge in [-0.05, 0) is 75.5 Å². The number of benzene rings is 2. The van der Waals surface area contributed by atoms with Crippen LogP contribution in [0.4, 0.5) is 18.9 Å². The Labute approximate surface area is 216 Å². The lowest BCUT2D eigenvalue weighted by atomic mass is 9.82. The van der Waals surface area contributed by atoms with Gasteiger partial charge in [-0.15, -0.1) is 0 Å². The summed E-state index contributed by atoms with van der Waals surface area (Å²) in [6.45, 7) is 6.00. The van der Waals surface area contributed by atoms with Crippen LogP contribution in [0, 0.1) is 25.7 Å². The maximum Gasteiger partial charge on any atom is 0.430 e. The number of amides is 1. The molecule has 2 aliphatic heterocycles. The predicted octanol–water partition coefficient (Wildman–Crippen LogP) is 6.25. The Bertz CT molecular complexity index is 1080. The number of hydrogen-bond donors (Lipinski definition) is 1. The number of nitrogens with zero attached hydrogens (tertiary/aromatic N) is 2. The molecular formula is C28H34ClF3N2O2. The molecule has 2 heterocycles. The number of anilines is 1. The van der Waals surface area contributed by atoms with Gasteiger partial charge in [-0.3, -0.25) is 4.79 Å². The molecule has 196 valence electrons. The van der Waals surface area contributed by atoms with E-state index in [4.69, 9.17) is 11.6 Å². The zero-order valence-corrected chi connectivity index (χ0v) is 21.6. The van der Waals surface area contributed by atoms with E-state index in [9.17, 15) is 23.1 Å². The normalized spacial score (nSPS) is 19.9. The van der Waals surface area contributed by atoms with Crippen molar-refractivity contribution in [3.05, 3.63) is 64.2 Å². The van der Waals surface area contributed by atoms with Gasteiger partial charge >= 0.3 is 6.18 Å². The van der Waals surface area contributed by atoms with E-state index < -0.39 is 23.2 Å². The first-order valence-corrected chi connectivity index (χ1v) is 13.0. The highest BCUT2D eigenvalue weighted by atomic mass is 35.5. The summed E-state index contributed by atoms with van der Waals surface area (Å²) in [6.07, 6.45) is -0.656. The Morgan fingerprint density at radius 1 is 0.972 bits per heavy atom. The molecule has 1 unspecified atom stereocenters. The van der Waals surface area contributed by atoms with Crippen molar-refractivity contribution >= 4 is 23.2 Å². The third-order valence-corrected chi connectivity index (χ3v) is 8.27. The van der Waals surface area contributed by atoms with Gasteiger partial charge in [-0.25, -0.2) is 0 Å². The number of aliphatic hydroxyl groups is 1. The summed E-state index contributed by atoms with van der Waals surface area (Å²) in [5.74, 6) is -0.338. The highest BCUT2D eigenvalue weighted by molar-refractivity contribution is 6.31. The van der Waals surface area contributed by atoms with Gasteiger partial charge in [0.25, 0.3) is 11.5 Å². The lowest BCUT2D eigenvalue weighted by molar-refractivity contribution is -0.262. The molecule has 2 aromatic rings. The van der Waals surface area contributed by atoms with Gasteiger partial charge < -0.3 is 14.9 Å². The molecule has 0 aliphatic carbocycles. The van der Waals surface area contributed by atoms with Crippen LogP contribution < -0.4 is 4.90 Å². The largest absolute Gasteiger partial charge is 0.430 e. The fourth-order valence-electron chi connectivity index (χ4n) is 5.56. The molecule has 0 bridgehead atoms. The van der Waals surface area contributed by atoms with E-state index in [1.54, 1.807) is 13.0 Å². The molecular weight excluding hydrogens is 489 g/mol. The average Bonchev–Trinajstić information content (AvgIpc) is 2.85. The van der Waals surface area contributed by atoms with E-state index in [-0.39, 0.29) is 13.1 Å². The predicted molar refractivity (Wildman–Crippen MR) is 136 cm³/mol. The number of carbonyl (C=O) groups is 1. The second-order valence-electron chi connectivity index (χ2n) is 10.4. The van der Waals surface area contributed by atoms with Crippen molar-refractivity contribution in [1.82, 2.24) is 4.90 Å². The monoisotopic (exact) mass is 522 g/mol. The van der Waals surface area contributed by atoms with Crippen LogP contribution in [0.3, 0.4) is 0 Å². The Kier molecular flexibility index (Phi) is 7.91. The number of hydrogen-bond acceptors (Lipinski definition) is 3. The van der Waals surface area contributed by atoms with E-state index in [1.807, 2.05) is 19.1 Å². The van der Waals surface area contributed by atoms with Crippen LogP contribution in [-0.2, 0) is 10.4 Å². The molecule has 1 amide bonds. The van der Waals surface area contributed by atoms with Crippen molar-refractivity contribution in [2.45, 2.75) is 57.7 Å². The zero-order valence-electron chi connectivity index (χ0n) is 20.8. The number of piperidine rings is 2. The van der Waals surface area contributed by atoms with Crippen LogP contribution >= 0.6 is 11.6 Å². The second kappa shape index (κ2) is 10.6. The molecule has 2 fully saturated rings.